The van der Waals surface area contributed by atoms with Crippen LogP contribution in [0.5, 0.6) is 11.6 Å². The molecule has 0 radical (unpaired) electrons. The summed E-state index contributed by atoms with van der Waals surface area (Å²) in [5, 5.41) is 15.3. The van der Waals surface area contributed by atoms with Gasteiger partial charge in [0.1, 0.15) is 5.75 Å². The normalized spacial score (nSPS) is 12.5. The van der Waals surface area contributed by atoms with E-state index in [2.05, 4.69) is 25.7 Å². The van der Waals surface area contributed by atoms with Crippen LogP contribution < -0.4 is 4.74 Å². The Kier molecular flexibility index (Phi) is 9.06. The van der Waals surface area contributed by atoms with Crippen LogP contribution in [0.15, 0.2) is 54.6 Å². The third kappa shape index (κ3) is 7.16. The molecule has 0 aliphatic heterocycles. The van der Waals surface area contributed by atoms with Crippen LogP contribution in [-0.2, 0) is 11.3 Å². The van der Waals surface area contributed by atoms with Crippen molar-refractivity contribution in [3.8, 4) is 17.3 Å². The fourth-order valence-corrected chi connectivity index (χ4v) is 3.84. The largest absolute Gasteiger partial charge is 0.439 e. The smallest absolute Gasteiger partial charge is 0.227 e. The molecule has 6 heteroatoms. The molecule has 0 fully saturated rings. The molecule has 3 rings (SSSR count). The van der Waals surface area contributed by atoms with Crippen LogP contribution in [0, 0.1) is 19.8 Å². The maximum absolute atomic E-state index is 10.5. The molecular weight excluding hydrogens is 414 g/mol. The van der Waals surface area contributed by atoms with Gasteiger partial charge < -0.3 is 14.6 Å². The second-order valence-electron chi connectivity index (χ2n) is 8.93. The SMILES string of the molecule is CCOC[C@H](O)CN(Cc1c(C)nn(-c2ccccc2)c1Oc1ccc(C)cc1)CC(C)C. The molecular formula is C27H37N3O3. The number of rotatable bonds is 12. The fraction of sp³-hybridized carbons (Fsp3) is 0.444. The van der Waals surface area contributed by atoms with Gasteiger partial charge in [0.05, 0.1) is 29.7 Å². The molecule has 1 heterocycles. The van der Waals surface area contributed by atoms with Crippen molar-refractivity contribution in [2.24, 2.45) is 5.92 Å². The Hall–Kier alpha value is -2.67. The lowest BCUT2D eigenvalue weighted by Crippen LogP contribution is -2.37. The molecule has 0 saturated heterocycles. The zero-order chi connectivity index (χ0) is 23.8. The highest BCUT2D eigenvalue weighted by atomic mass is 16.5. The highest BCUT2D eigenvalue weighted by molar-refractivity contribution is 5.43. The lowest BCUT2D eigenvalue weighted by Gasteiger charge is -2.27. The molecule has 1 N–H and O–H groups in total. The number of para-hydroxylation sites is 1. The van der Waals surface area contributed by atoms with Crippen molar-refractivity contribution in [3.63, 3.8) is 0 Å². The van der Waals surface area contributed by atoms with E-state index in [1.54, 1.807) is 0 Å². The Morgan fingerprint density at radius 3 is 2.33 bits per heavy atom. The first-order valence-corrected chi connectivity index (χ1v) is 11.7. The van der Waals surface area contributed by atoms with E-state index in [4.69, 9.17) is 14.6 Å². The summed E-state index contributed by atoms with van der Waals surface area (Å²) in [5.74, 6) is 1.93. The van der Waals surface area contributed by atoms with Gasteiger partial charge in [-0.05, 0) is 51.0 Å². The monoisotopic (exact) mass is 451 g/mol. The predicted octanol–water partition coefficient (Wildman–Crippen LogP) is 5.14. The quantitative estimate of drug-likeness (QED) is 0.413. The van der Waals surface area contributed by atoms with E-state index < -0.39 is 6.10 Å². The van der Waals surface area contributed by atoms with Gasteiger partial charge in [-0.2, -0.15) is 5.10 Å². The van der Waals surface area contributed by atoms with Crippen LogP contribution in [0.4, 0.5) is 0 Å². The van der Waals surface area contributed by atoms with Gasteiger partial charge in [-0.15, -0.1) is 0 Å². The minimum Gasteiger partial charge on any atom is -0.439 e. The van der Waals surface area contributed by atoms with Crippen LogP contribution in [0.2, 0.25) is 0 Å². The van der Waals surface area contributed by atoms with Crippen molar-refractivity contribution in [1.29, 1.82) is 0 Å². The number of hydrogen-bond donors (Lipinski definition) is 1. The van der Waals surface area contributed by atoms with E-state index in [9.17, 15) is 5.11 Å². The Morgan fingerprint density at radius 2 is 1.70 bits per heavy atom. The lowest BCUT2D eigenvalue weighted by atomic mass is 10.1. The number of aliphatic hydroxyl groups is 1. The van der Waals surface area contributed by atoms with E-state index >= 15 is 0 Å². The van der Waals surface area contributed by atoms with Gasteiger partial charge in [0.2, 0.25) is 5.88 Å². The number of hydrogen-bond acceptors (Lipinski definition) is 5. The van der Waals surface area contributed by atoms with Gasteiger partial charge in [-0.25, -0.2) is 4.68 Å². The number of ether oxygens (including phenoxy) is 2. The van der Waals surface area contributed by atoms with Crippen LogP contribution in [0.1, 0.15) is 37.6 Å². The summed E-state index contributed by atoms with van der Waals surface area (Å²) in [7, 11) is 0. The highest BCUT2D eigenvalue weighted by Crippen LogP contribution is 2.32. The molecule has 1 aromatic heterocycles. The summed E-state index contributed by atoms with van der Waals surface area (Å²) in [6, 6.07) is 18.1. The van der Waals surface area contributed by atoms with Crippen LogP contribution in [0.3, 0.4) is 0 Å². The molecule has 0 amide bonds. The van der Waals surface area contributed by atoms with Gasteiger partial charge >= 0.3 is 0 Å². The molecule has 0 aliphatic carbocycles. The molecule has 33 heavy (non-hydrogen) atoms. The van der Waals surface area contributed by atoms with Gasteiger partial charge in [0.25, 0.3) is 0 Å². The van der Waals surface area contributed by atoms with E-state index in [-0.39, 0.29) is 0 Å². The number of benzene rings is 2. The summed E-state index contributed by atoms with van der Waals surface area (Å²) in [6.45, 7) is 13.3. The molecule has 178 valence electrons. The summed E-state index contributed by atoms with van der Waals surface area (Å²) in [4.78, 5) is 2.26. The third-order valence-corrected chi connectivity index (χ3v) is 5.36. The molecule has 0 unspecified atom stereocenters. The predicted molar refractivity (Wildman–Crippen MR) is 132 cm³/mol. The van der Waals surface area contributed by atoms with Crippen molar-refractivity contribution in [3.05, 3.63) is 71.4 Å². The van der Waals surface area contributed by atoms with Crippen molar-refractivity contribution in [1.82, 2.24) is 14.7 Å². The van der Waals surface area contributed by atoms with E-state index in [1.165, 1.54) is 5.56 Å². The van der Waals surface area contributed by atoms with Gasteiger partial charge in [0.15, 0.2) is 0 Å². The molecule has 3 aromatic rings. The summed E-state index contributed by atoms with van der Waals surface area (Å²) >= 11 is 0. The molecule has 0 aliphatic rings. The molecule has 0 saturated carbocycles. The Morgan fingerprint density at radius 1 is 1.00 bits per heavy atom. The average Bonchev–Trinajstić information content (AvgIpc) is 3.09. The topological polar surface area (TPSA) is 59.8 Å². The van der Waals surface area contributed by atoms with Crippen LogP contribution in [-0.4, -0.2) is 52.2 Å². The zero-order valence-electron chi connectivity index (χ0n) is 20.5. The van der Waals surface area contributed by atoms with Crippen molar-refractivity contribution in [2.45, 2.75) is 47.3 Å². The third-order valence-electron chi connectivity index (χ3n) is 5.36. The molecule has 1 atom stereocenters. The fourth-order valence-electron chi connectivity index (χ4n) is 3.84. The maximum atomic E-state index is 10.5. The van der Waals surface area contributed by atoms with Crippen LogP contribution in [0.25, 0.3) is 5.69 Å². The van der Waals surface area contributed by atoms with E-state index in [0.29, 0.717) is 38.1 Å². The molecule has 6 nitrogen and oxygen atoms in total. The molecule has 0 bridgehead atoms. The number of nitrogens with zero attached hydrogens (tertiary/aromatic N) is 3. The second-order valence-corrected chi connectivity index (χ2v) is 8.93. The van der Waals surface area contributed by atoms with E-state index in [0.717, 1.165) is 29.2 Å². The Labute approximate surface area is 197 Å². The van der Waals surface area contributed by atoms with Crippen molar-refractivity contribution >= 4 is 0 Å². The van der Waals surface area contributed by atoms with Crippen molar-refractivity contribution < 1.29 is 14.6 Å². The summed E-state index contributed by atoms with van der Waals surface area (Å²) in [6.07, 6.45) is -0.547. The first-order valence-electron chi connectivity index (χ1n) is 11.7. The summed E-state index contributed by atoms with van der Waals surface area (Å²) < 4.78 is 13.7. The Bertz CT molecular complexity index is 984. The van der Waals surface area contributed by atoms with Gasteiger partial charge in [-0.3, -0.25) is 4.90 Å². The maximum Gasteiger partial charge on any atom is 0.227 e. The van der Waals surface area contributed by atoms with E-state index in [1.807, 2.05) is 73.1 Å². The number of aromatic nitrogens is 2. The standard InChI is InChI=1S/C27H37N3O3/c1-6-32-19-24(31)17-29(16-20(2)3)18-26-22(5)28-30(23-10-8-7-9-11-23)27(26)33-25-14-12-21(4)13-15-25/h7-15,20,24,31H,6,16-19H2,1-5H3/t24-/m1/s1. The average molecular weight is 452 g/mol. The molecule has 0 spiro atoms. The minimum absolute atomic E-state index is 0.333. The van der Waals surface area contributed by atoms with Crippen molar-refractivity contribution in [2.75, 3.05) is 26.3 Å². The van der Waals surface area contributed by atoms with Gasteiger partial charge in [-0.1, -0.05) is 49.7 Å². The molecule has 2 aromatic carbocycles. The number of aliphatic hydroxyl groups excluding tert-OH is 1. The minimum atomic E-state index is -0.547. The highest BCUT2D eigenvalue weighted by Gasteiger charge is 2.23. The van der Waals surface area contributed by atoms with Crippen LogP contribution >= 0.6 is 0 Å². The van der Waals surface area contributed by atoms with Gasteiger partial charge in [0, 0.05) is 26.2 Å². The first-order chi connectivity index (χ1) is 15.9. The Balaban J connectivity index is 1.96. The summed E-state index contributed by atoms with van der Waals surface area (Å²) in [5.41, 5.74) is 4.06. The first kappa shape index (κ1) is 25.0. The zero-order valence-corrected chi connectivity index (χ0v) is 20.5. The lowest BCUT2D eigenvalue weighted by molar-refractivity contribution is 0.0173. The number of aryl methyl sites for hydroxylation is 2. The second kappa shape index (κ2) is 12.0.